The summed E-state index contributed by atoms with van der Waals surface area (Å²) in [6, 6.07) is 4.58. The van der Waals surface area contributed by atoms with Crippen molar-refractivity contribution in [3.63, 3.8) is 0 Å². The molecule has 1 aliphatic rings. The molecule has 14 heteroatoms. The Balaban J connectivity index is 2.50. The van der Waals surface area contributed by atoms with E-state index in [0.29, 0.717) is 11.1 Å². The van der Waals surface area contributed by atoms with E-state index in [0.717, 1.165) is 21.0 Å². The highest BCUT2D eigenvalue weighted by Gasteiger charge is 2.55. The third-order valence-electron chi connectivity index (χ3n) is 5.26. The molecule has 0 spiro atoms. The number of aliphatic hydroxyl groups is 2. The lowest BCUT2D eigenvalue weighted by atomic mass is 9.97. The minimum Gasteiger partial charge on any atom is -0.467 e. The van der Waals surface area contributed by atoms with E-state index in [2.05, 4.69) is 5.32 Å². The number of benzene rings is 1. The summed E-state index contributed by atoms with van der Waals surface area (Å²) in [5.41, 5.74) is 0.123. The van der Waals surface area contributed by atoms with E-state index < -0.39 is 66.6 Å². The Bertz CT molecular complexity index is 1050. The van der Waals surface area contributed by atoms with Crippen LogP contribution in [0.1, 0.15) is 52.7 Å². The number of rotatable bonds is 10. The number of carbonyl (C=O) groups is 4. The zero-order valence-corrected chi connectivity index (χ0v) is 23.5. The maximum atomic E-state index is 12.6. The van der Waals surface area contributed by atoms with Crippen molar-refractivity contribution in [3.05, 3.63) is 29.3 Å². The average Bonchev–Trinajstić information content (AvgIpc) is 2.84. The molecule has 0 aromatic heterocycles. The van der Waals surface area contributed by atoms with Gasteiger partial charge in [-0.15, -0.1) is 0 Å². The first-order chi connectivity index (χ1) is 18.6. The van der Waals surface area contributed by atoms with Crippen LogP contribution in [0.2, 0.25) is 0 Å². The summed E-state index contributed by atoms with van der Waals surface area (Å²) >= 11 is 0. The molecule has 1 aromatic rings. The largest absolute Gasteiger partial charge is 0.467 e. The normalized spacial score (nSPS) is 23.4. The fraction of sp³-hybridized carbons (Fsp3) is 0.615. The summed E-state index contributed by atoms with van der Waals surface area (Å²) in [4.78, 5) is 48.8. The van der Waals surface area contributed by atoms with E-state index in [1.165, 1.54) is 13.0 Å². The molecule has 0 radical (unpaired) electrons. The summed E-state index contributed by atoms with van der Waals surface area (Å²) in [6.45, 7) is 8.16. The molecule has 40 heavy (non-hydrogen) atoms. The first-order valence-electron chi connectivity index (χ1n) is 12.4. The van der Waals surface area contributed by atoms with Gasteiger partial charge in [0.05, 0.1) is 13.7 Å². The number of alkyl carbamates (subject to hydrolysis) is 1. The number of carbonyl (C=O) groups excluding carboxylic acids is 4. The molecule has 1 heterocycles. The zero-order chi connectivity index (χ0) is 30.2. The lowest BCUT2D eigenvalue weighted by Crippen LogP contribution is -2.64. The topological polar surface area (TPSA) is 185 Å². The number of aliphatic hydroxyl groups excluding tert-OH is 2. The van der Waals surface area contributed by atoms with E-state index >= 15 is 0 Å². The molecule has 14 nitrogen and oxygen atoms in total. The van der Waals surface area contributed by atoms with Crippen LogP contribution in [0.3, 0.4) is 0 Å². The van der Waals surface area contributed by atoms with Crippen molar-refractivity contribution < 1.29 is 62.5 Å². The summed E-state index contributed by atoms with van der Waals surface area (Å²) in [6.07, 6.45) is -9.69. The van der Waals surface area contributed by atoms with Gasteiger partial charge in [-0.2, -0.15) is 0 Å². The van der Waals surface area contributed by atoms with Gasteiger partial charge in [-0.25, -0.2) is 9.59 Å². The summed E-state index contributed by atoms with van der Waals surface area (Å²) in [7, 11) is 1.08. The van der Waals surface area contributed by atoms with Gasteiger partial charge in [0.15, 0.2) is 30.7 Å². The molecule has 1 aliphatic heterocycles. The molecule has 1 saturated heterocycles. The Morgan fingerprint density at radius 2 is 1.68 bits per heavy atom. The molecule has 1 aromatic carbocycles. The van der Waals surface area contributed by atoms with Crippen molar-refractivity contribution >= 4 is 24.0 Å². The minimum atomic E-state index is -1.61. The summed E-state index contributed by atoms with van der Waals surface area (Å²) in [5, 5.41) is 22.2. The van der Waals surface area contributed by atoms with Crippen LogP contribution in [-0.4, -0.2) is 83.9 Å². The molecule has 0 aliphatic carbocycles. The molecule has 1 fully saturated rings. The molecular formula is C26H37NO13. The predicted octanol–water partition coefficient (Wildman–Crippen LogP) is 1.07. The highest BCUT2D eigenvalue weighted by Crippen LogP contribution is 2.33. The highest BCUT2D eigenvalue weighted by molar-refractivity contribution is 5.77. The third kappa shape index (κ3) is 9.62. The molecule has 0 saturated carbocycles. The zero-order valence-electron chi connectivity index (χ0n) is 23.5. The highest BCUT2D eigenvalue weighted by atomic mass is 16.7. The number of ether oxygens (including phenoxy) is 7. The molecule has 1 amide bonds. The maximum absolute atomic E-state index is 12.6. The van der Waals surface area contributed by atoms with Crippen LogP contribution >= 0.6 is 0 Å². The number of esters is 3. The van der Waals surface area contributed by atoms with E-state index in [1.807, 2.05) is 0 Å². The van der Waals surface area contributed by atoms with Crippen LogP contribution in [0.4, 0.5) is 4.79 Å². The number of methoxy groups -OCH3 is 1. The second kappa shape index (κ2) is 14.3. The van der Waals surface area contributed by atoms with Gasteiger partial charge in [-0.05, 0) is 45.4 Å². The van der Waals surface area contributed by atoms with Crippen LogP contribution in [-0.2, 0) is 56.0 Å². The van der Waals surface area contributed by atoms with Gasteiger partial charge in [-0.1, -0.05) is 6.07 Å². The fourth-order valence-corrected chi connectivity index (χ4v) is 3.82. The van der Waals surface area contributed by atoms with E-state index in [1.54, 1.807) is 32.9 Å². The third-order valence-corrected chi connectivity index (χ3v) is 5.26. The first-order valence-corrected chi connectivity index (χ1v) is 12.4. The lowest BCUT2D eigenvalue weighted by Gasteiger charge is -2.44. The smallest absolute Gasteiger partial charge is 0.407 e. The quantitative estimate of drug-likeness (QED) is 0.206. The molecule has 6 atom stereocenters. The van der Waals surface area contributed by atoms with Crippen molar-refractivity contribution in [3.8, 4) is 5.75 Å². The van der Waals surface area contributed by atoms with Gasteiger partial charge < -0.3 is 48.7 Å². The SMILES string of the molecule is COC(=O)[C@H]1O[C@@H](Oc2ccc(CO)cc2CNC(=O)OC(C)(C)C)[C@H](OC(C)O)[C@@H](OC(C)=O)[C@@H]1OC(C)=O. The molecule has 3 N–H and O–H groups in total. The van der Waals surface area contributed by atoms with Crippen LogP contribution in [0.25, 0.3) is 0 Å². The Morgan fingerprint density at radius 3 is 2.20 bits per heavy atom. The summed E-state index contributed by atoms with van der Waals surface area (Å²) < 4.78 is 38.1. The van der Waals surface area contributed by atoms with Gasteiger partial charge in [0, 0.05) is 26.0 Å². The maximum Gasteiger partial charge on any atom is 0.407 e. The Labute approximate surface area is 231 Å². The van der Waals surface area contributed by atoms with Gasteiger partial charge in [0.25, 0.3) is 0 Å². The van der Waals surface area contributed by atoms with Crippen LogP contribution < -0.4 is 10.1 Å². The summed E-state index contributed by atoms with van der Waals surface area (Å²) in [5.74, 6) is -2.46. The van der Waals surface area contributed by atoms with E-state index in [-0.39, 0.29) is 18.9 Å². The molecule has 0 bridgehead atoms. The minimum absolute atomic E-state index is 0.101. The van der Waals surface area contributed by atoms with Crippen molar-refractivity contribution in [1.82, 2.24) is 5.32 Å². The van der Waals surface area contributed by atoms with Crippen LogP contribution in [0.5, 0.6) is 5.75 Å². The predicted molar refractivity (Wildman–Crippen MR) is 134 cm³/mol. The van der Waals surface area contributed by atoms with Crippen molar-refractivity contribution in [2.45, 2.75) is 97.3 Å². The Kier molecular flexibility index (Phi) is 11.7. The van der Waals surface area contributed by atoms with Gasteiger partial charge in [0.2, 0.25) is 6.29 Å². The number of amides is 1. The average molecular weight is 572 g/mol. The van der Waals surface area contributed by atoms with E-state index in [9.17, 15) is 29.4 Å². The number of hydrogen-bond acceptors (Lipinski definition) is 13. The Hall–Kier alpha value is -3.46. The molecule has 224 valence electrons. The molecule has 2 rings (SSSR count). The van der Waals surface area contributed by atoms with Gasteiger partial charge >= 0.3 is 24.0 Å². The Morgan fingerprint density at radius 1 is 1.05 bits per heavy atom. The van der Waals surface area contributed by atoms with Crippen molar-refractivity contribution in [2.75, 3.05) is 7.11 Å². The van der Waals surface area contributed by atoms with Crippen molar-refractivity contribution in [1.29, 1.82) is 0 Å². The first kappa shape index (κ1) is 32.8. The van der Waals surface area contributed by atoms with Crippen LogP contribution in [0, 0.1) is 0 Å². The van der Waals surface area contributed by atoms with E-state index in [4.69, 9.17) is 33.2 Å². The van der Waals surface area contributed by atoms with Crippen LogP contribution in [0.15, 0.2) is 18.2 Å². The van der Waals surface area contributed by atoms with Gasteiger partial charge in [-0.3, -0.25) is 9.59 Å². The molecular weight excluding hydrogens is 534 g/mol. The second-order valence-electron chi connectivity index (χ2n) is 9.87. The second-order valence-corrected chi connectivity index (χ2v) is 9.87. The van der Waals surface area contributed by atoms with Crippen molar-refractivity contribution in [2.24, 2.45) is 0 Å². The molecule has 1 unspecified atom stereocenters. The standard InChI is InChI=1S/C26H37NO13/c1-13(29)35-19-20(36-14(2)30)22(37-15(3)31)24(39-21(19)23(32)34-7)38-18-9-8-16(12-28)10-17(18)11-27-25(33)40-26(4,5)6/h8-10,15,19-22,24,28,31H,11-12H2,1-7H3,(H,27,33)/t15?,19-,20-,21-,22+,24+/m0/s1. The monoisotopic (exact) mass is 571 g/mol. The van der Waals surface area contributed by atoms with Gasteiger partial charge in [0.1, 0.15) is 11.4 Å². The fourth-order valence-electron chi connectivity index (χ4n) is 3.82. The number of nitrogens with one attached hydrogen (secondary N) is 1. The lowest BCUT2D eigenvalue weighted by molar-refractivity contribution is -0.307. The number of hydrogen-bond donors (Lipinski definition) is 3.